The van der Waals surface area contributed by atoms with E-state index in [2.05, 4.69) is 25.7 Å². The van der Waals surface area contributed by atoms with Gasteiger partial charge in [-0.3, -0.25) is 24.2 Å². The Bertz CT molecular complexity index is 907. The molecule has 3 heterocycles. The molecule has 0 bridgehead atoms. The van der Waals surface area contributed by atoms with Gasteiger partial charge in [-0.2, -0.15) is 5.10 Å². The molecule has 0 aliphatic carbocycles. The Morgan fingerprint density at radius 3 is 2.81 bits per heavy atom. The fourth-order valence-electron chi connectivity index (χ4n) is 2.30. The van der Waals surface area contributed by atoms with Gasteiger partial charge < -0.3 is 10.6 Å². The molecule has 2 N–H and O–H groups in total. The number of nitrogens with one attached hydrogen (secondary N) is 2. The molecule has 0 unspecified atom stereocenters. The van der Waals surface area contributed by atoms with Gasteiger partial charge in [0.15, 0.2) is 0 Å². The molecule has 2 amide bonds. The van der Waals surface area contributed by atoms with E-state index in [1.165, 1.54) is 10.9 Å². The van der Waals surface area contributed by atoms with Crippen LogP contribution in [0, 0.1) is 6.92 Å². The van der Waals surface area contributed by atoms with Crippen LogP contribution in [0.5, 0.6) is 0 Å². The van der Waals surface area contributed by atoms with Crippen LogP contribution in [-0.4, -0.2) is 31.6 Å². The predicted octanol–water partition coefficient (Wildman–Crippen LogP) is 1.55. The zero-order valence-corrected chi connectivity index (χ0v) is 14.2. The van der Waals surface area contributed by atoms with E-state index in [0.29, 0.717) is 17.9 Å². The van der Waals surface area contributed by atoms with Crippen LogP contribution in [0.25, 0.3) is 0 Å². The summed E-state index contributed by atoms with van der Waals surface area (Å²) in [5, 5.41) is 9.56. The van der Waals surface area contributed by atoms with Crippen molar-refractivity contribution in [2.75, 3.05) is 5.32 Å². The molecule has 8 heteroatoms. The van der Waals surface area contributed by atoms with Crippen LogP contribution in [-0.2, 0) is 17.9 Å². The Morgan fingerprint density at radius 2 is 2.04 bits per heavy atom. The number of pyridine rings is 2. The first-order valence-corrected chi connectivity index (χ1v) is 8.04. The number of hydrogen-bond acceptors (Lipinski definition) is 5. The highest BCUT2D eigenvalue weighted by molar-refractivity contribution is 6.02. The van der Waals surface area contributed by atoms with E-state index in [9.17, 15) is 9.59 Å². The fraction of sp³-hybridized carbons (Fsp3) is 0.167. The molecule has 26 heavy (non-hydrogen) atoms. The largest absolute Gasteiger partial charge is 0.349 e. The number of carbonyl (C=O) groups excluding carboxylic acids is 2. The Morgan fingerprint density at radius 1 is 1.15 bits per heavy atom. The molecule has 3 aromatic heterocycles. The second-order valence-corrected chi connectivity index (χ2v) is 5.64. The van der Waals surface area contributed by atoms with Gasteiger partial charge in [0, 0.05) is 18.1 Å². The first kappa shape index (κ1) is 17.3. The lowest BCUT2D eigenvalue weighted by molar-refractivity contribution is -0.122. The summed E-state index contributed by atoms with van der Waals surface area (Å²) in [4.78, 5) is 32.4. The van der Waals surface area contributed by atoms with Crippen molar-refractivity contribution in [1.82, 2.24) is 25.1 Å². The topological polar surface area (TPSA) is 102 Å². The van der Waals surface area contributed by atoms with Gasteiger partial charge >= 0.3 is 0 Å². The molecule has 0 saturated heterocycles. The molecular formula is C18H18N6O2. The van der Waals surface area contributed by atoms with Crippen LogP contribution in [0.1, 0.15) is 21.9 Å². The summed E-state index contributed by atoms with van der Waals surface area (Å²) in [6, 6.07) is 10.7. The third kappa shape index (κ3) is 4.73. The Kier molecular flexibility index (Phi) is 5.33. The maximum Gasteiger partial charge on any atom is 0.274 e. The molecular weight excluding hydrogens is 332 g/mol. The highest BCUT2D eigenvalue weighted by Crippen LogP contribution is 2.07. The Hall–Kier alpha value is -3.55. The van der Waals surface area contributed by atoms with Crippen LogP contribution in [0.4, 0.5) is 5.69 Å². The van der Waals surface area contributed by atoms with Crippen LogP contribution < -0.4 is 10.6 Å². The quantitative estimate of drug-likeness (QED) is 0.702. The highest BCUT2D eigenvalue weighted by Gasteiger charge is 2.10. The molecule has 0 aliphatic heterocycles. The standard InChI is InChI=1S/C18H18N6O2/c1-13-5-4-6-14(22-13)9-20-17(25)12-24-11-15(10-21-24)23-18(26)16-7-2-3-8-19-16/h2-8,10-11H,9,12H2,1H3,(H,20,25)(H,23,26). The average Bonchev–Trinajstić information content (AvgIpc) is 3.07. The molecule has 0 fully saturated rings. The van der Waals surface area contributed by atoms with Crippen molar-refractivity contribution < 1.29 is 9.59 Å². The van der Waals surface area contributed by atoms with Crippen LogP contribution in [0.15, 0.2) is 55.0 Å². The van der Waals surface area contributed by atoms with Gasteiger partial charge in [0.25, 0.3) is 5.91 Å². The number of hydrogen-bond donors (Lipinski definition) is 2. The summed E-state index contributed by atoms with van der Waals surface area (Å²) in [6.07, 6.45) is 4.62. The molecule has 0 radical (unpaired) electrons. The zero-order valence-electron chi connectivity index (χ0n) is 14.2. The number of anilines is 1. The summed E-state index contributed by atoms with van der Waals surface area (Å²) in [7, 11) is 0. The van der Waals surface area contributed by atoms with Gasteiger partial charge in [-0.1, -0.05) is 12.1 Å². The monoisotopic (exact) mass is 350 g/mol. The number of carbonyl (C=O) groups is 2. The van der Waals surface area contributed by atoms with Crippen molar-refractivity contribution >= 4 is 17.5 Å². The van der Waals surface area contributed by atoms with Crippen LogP contribution in [0.2, 0.25) is 0 Å². The first-order chi connectivity index (χ1) is 12.6. The van der Waals surface area contributed by atoms with E-state index in [1.807, 2.05) is 25.1 Å². The van der Waals surface area contributed by atoms with Crippen molar-refractivity contribution in [1.29, 1.82) is 0 Å². The second-order valence-electron chi connectivity index (χ2n) is 5.64. The number of amides is 2. The van der Waals surface area contributed by atoms with Gasteiger partial charge in [0.1, 0.15) is 12.2 Å². The van der Waals surface area contributed by atoms with Crippen molar-refractivity contribution in [3.8, 4) is 0 Å². The SMILES string of the molecule is Cc1cccc(CNC(=O)Cn2cc(NC(=O)c3ccccn3)cn2)n1. The van der Waals surface area contributed by atoms with E-state index in [1.54, 1.807) is 30.6 Å². The minimum atomic E-state index is -0.333. The van der Waals surface area contributed by atoms with E-state index in [0.717, 1.165) is 11.4 Å². The predicted molar refractivity (Wildman–Crippen MR) is 95.2 cm³/mol. The molecule has 0 aromatic carbocycles. The van der Waals surface area contributed by atoms with E-state index in [-0.39, 0.29) is 18.4 Å². The lowest BCUT2D eigenvalue weighted by Crippen LogP contribution is -2.27. The molecule has 0 aliphatic rings. The third-order valence-electron chi connectivity index (χ3n) is 3.51. The molecule has 8 nitrogen and oxygen atoms in total. The Labute approximate surface area is 150 Å². The first-order valence-electron chi connectivity index (χ1n) is 8.04. The second kappa shape index (κ2) is 8.02. The van der Waals surface area contributed by atoms with Gasteiger partial charge in [-0.25, -0.2) is 0 Å². The van der Waals surface area contributed by atoms with E-state index >= 15 is 0 Å². The van der Waals surface area contributed by atoms with Gasteiger partial charge in [-0.15, -0.1) is 0 Å². The van der Waals surface area contributed by atoms with Crippen molar-refractivity contribution in [2.24, 2.45) is 0 Å². The molecule has 0 atom stereocenters. The van der Waals surface area contributed by atoms with Gasteiger partial charge in [0.2, 0.25) is 5.91 Å². The van der Waals surface area contributed by atoms with Crippen molar-refractivity contribution in [3.63, 3.8) is 0 Å². The fourth-order valence-corrected chi connectivity index (χ4v) is 2.30. The Balaban J connectivity index is 1.51. The van der Waals surface area contributed by atoms with Gasteiger partial charge in [-0.05, 0) is 31.2 Å². The van der Waals surface area contributed by atoms with Crippen LogP contribution >= 0.6 is 0 Å². The average molecular weight is 350 g/mol. The number of aryl methyl sites for hydroxylation is 1. The molecule has 3 rings (SSSR count). The summed E-state index contributed by atoms with van der Waals surface area (Å²) < 4.78 is 1.45. The summed E-state index contributed by atoms with van der Waals surface area (Å²) in [5.74, 6) is -0.529. The minimum absolute atomic E-state index is 0.0469. The summed E-state index contributed by atoms with van der Waals surface area (Å²) in [5.41, 5.74) is 2.50. The van der Waals surface area contributed by atoms with Crippen LogP contribution in [0.3, 0.4) is 0 Å². The minimum Gasteiger partial charge on any atom is -0.349 e. The zero-order chi connectivity index (χ0) is 18.4. The van der Waals surface area contributed by atoms with Crippen molar-refractivity contribution in [3.05, 3.63) is 72.1 Å². The van der Waals surface area contributed by atoms with Crippen molar-refractivity contribution in [2.45, 2.75) is 20.0 Å². The smallest absolute Gasteiger partial charge is 0.274 e. The maximum atomic E-state index is 12.0. The normalized spacial score (nSPS) is 10.3. The lowest BCUT2D eigenvalue weighted by atomic mass is 10.3. The molecule has 0 spiro atoms. The molecule has 0 saturated carbocycles. The highest BCUT2D eigenvalue weighted by atomic mass is 16.2. The third-order valence-corrected chi connectivity index (χ3v) is 3.51. The lowest BCUT2D eigenvalue weighted by Gasteiger charge is -2.05. The number of aromatic nitrogens is 4. The van der Waals surface area contributed by atoms with Gasteiger partial charge in [0.05, 0.1) is 24.1 Å². The van der Waals surface area contributed by atoms with E-state index < -0.39 is 0 Å². The maximum absolute atomic E-state index is 12.0. The molecule has 3 aromatic rings. The summed E-state index contributed by atoms with van der Waals surface area (Å²) >= 11 is 0. The number of rotatable bonds is 6. The summed E-state index contributed by atoms with van der Waals surface area (Å²) in [6.45, 7) is 2.30. The van der Waals surface area contributed by atoms with E-state index in [4.69, 9.17) is 0 Å². The number of nitrogens with zero attached hydrogens (tertiary/aromatic N) is 4. The molecule has 132 valence electrons.